The molecular formula is C14H12ClN3O3. The van der Waals surface area contributed by atoms with Crippen LogP contribution in [-0.4, -0.2) is 26.8 Å². The zero-order chi connectivity index (χ0) is 15.4. The molecule has 108 valence electrons. The Bertz CT molecular complexity index is 722. The Kier molecular flexibility index (Phi) is 4.39. The van der Waals surface area contributed by atoms with E-state index in [9.17, 15) is 9.59 Å². The van der Waals surface area contributed by atoms with E-state index in [-0.39, 0.29) is 10.6 Å². The highest BCUT2D eigenvalue weighted by molar-refractivity contribution is 6.31. The van der Waals surface area contributed by atoms with Crippen LogP contribution in [0, 0.1) is 0 Å². The summed E-state index contributed by atoms with van der Waals surface area (Å²) in [5.74, 6) is -1.51. The molecule has 2 rings (SSSR count). The standard InChI is InChI=1S/C14H12ClN3O3/c1-18-12(4-5-16-18)2-3-13(19)17-11-7-9(14(20)21)6-10(15)8-11/h2-8H,1H3,(H,17,19)(H,20,21)/b3-2+. The molecule has 1 aromatic carbocycles. The van der Waals surface area contributed by atoms with Crippen molar-refractivity contribution in [1.82, 2.24) is 9.78 Å². The lowest BCUT2D eigenvalue weighted by Crippen LogP contribution is -2.09. The number of nitrogens with one attached hydrogen (secondary N) is 1. The largest absolute Gasteiger partial charge is 0.478 e. The molecule has 0 fully saturated rings. The SMILES string of the molecule is Cn1nccc1/C=C/C(=O)Nc1cc(Cl)cc(C(=O)O)c1. The van der Waals surface area contributed by atoms with Gasteiger partial charge in [-0.1, -0.05) is 11.6 Å². The smallest absolute Gasteiger partial charge is 0.335 e. The molecule has 0 aliphatic rings. The zero-order valence-corrected chi connectivity index (χ0v) is 11.8. The molecule has 1 aromatic heterocycles. The van der Waals surface area contributed by atoms with Crippen LogP contribution in [0.1, 0.15) is 16.1 Å². The summed E-state index contributed by atoms with van der Waals surface area (Å²) in [6.07, 6.45) is 4.55. The maximum Gasteiger partial charge on any atom is 0.335 e. The lowest BCUT2D eigenvalue weighted by atomic mass is 10.2. The number of rotatable bonds is 4. The Morgan fingerprint density at radius 2 is 2.14 bits per heavy atom. The summed E-state index contributed by atoms with van der Waals surface area (Å²) in [5.41, 5.74) is 1.09. The average molecular weight is 306 g/mol. The van der Waals surface area contributed by atoms with Crippen molar-refractivity contribution in [3.05, 3.63) is 52.8 Å². The number of carbonyl (C=O) groups is 2. The molecule has 0 radical (unpaired) electrons. The Morgan fingerprint density at radius 1 is 1.38 bits per heavy atom. The number of nitrogens with zero attached hydrogens (tertiary/aromatic N) is 2. The summed E-state index contributed by atoms with van der Waals surface area (Å²) >= 11 is 5.81. The van der Waals surface area contributed by atoms with E-state index >= 15 is 0 Å². The number of amides is 1. The number of carboxylic acids is 1. The van der Waals surface area contributed by atoms with E-state index in [0.29, 0.717) is 5.69 Å². The van der Waals surface area contributed by atoms with Crippen molar-refractivity contribution in [2.24, 2.45) is 7.05 Å². The second kappa shape index (κ2) is 6.23. The highest BCUT2D eigenvalue weighted by atomic mass is 35.5. The minimum Gasteiger partial charge on any atom is -0.478 e. The molecule has 1 heterocycles. The predicted octanol–water partition coefficient (Wildman–Crippen LogP) is 2.42. The first-order valence-corrected chi connectivity index (χ1v) is 6.34. The van der Waals surface area contributed by atoms with Crippen molar-refractivity contribution in [2.75, 3.05) is 5.32 Å². The van der Waals surface area contributed by atoms with Gasteiger partial charge >= 0.3 is 5.97 Å². The summed E-state index contributed by atoms with van der Waals surface area (Å²) in [7, 11) is 1.76. The van der Waals surface area contributed by atoms with Crippen molar-refractivity contribution >= 4 is 35.2 Å². The lowest BCUT2D eigenvalue weighted by Gasteiger charge is -2.04. The van der Waals surface area contributed by atoms with Crippen LogP contribution in [0.25, 0.3) is 6.08 Å². The predicted molar refractivity (Wildman–Crippen MR) is 79.3 cm³/mol. The Labute approximate surface area is 125 Å². The Balaban J connectivity index is 2.11. The van der Waals surface area contributed by atoms with E-state index in [4.69, 9.17) is 16.7 Å². The average Bonchev–Trinajstić information content (AvgIpc) is 2.81. The number of carbonyl (C=O) groups excluding carboxylic acids is 1. The van der Waals surface area contributed by atoms with Gasteiger partial charge in [0, 0.05) is 30.0 Å². The summed E-state index contributed by atoms with van der Waals surface area (Å²) < 4.78 is 1.62. The van der Waals surface area contributed by atoms with Crippen LogP contribution in [-0.2, 0) is 11.8 Å². The number of aromatic nitrogens is 2. The van der Waals surface area contributed by atoms with E-state index in [1.807, 2.05) is 0 Å². The van der Waals surface area contributed by atoms with Gasteiger partial charge in [0.05, 0.1) is 11.3 Å². The quantitative estimate of drug-likeness (QED) is 0.850. The van der Waals surface area contributed by atoms with Crippen LogP contribution in [0.4, 0.5) is 5.69 Å². The molecule has 7 heteroatoms. The maximum absolute atomic E-state index is 11.8. The molecule has 0 saturated heterocycles. The van der Waals surface area contributed by atoms with Crippen LogP contribution in [0.2, 0.25) is 5.02 Å². The van der Waals surface area contributed by atoms with Crippen LogP contribution in [0.15, 0.2) is 36.5 Å². The van der Waals surface area contributed by atoms with Crippen LogP contribution >= 0.6 is 11.6 Å². The van der Waals surface area contributed by atoms with Gasteiger partial charge in [0.15, 0.2) is 0 Å². The van der Waals surface area contributed by atoms with Crippen molar-refractivity contribution in [3.8, 4) is 0 Å². The minimum atomic E-state index is -1.11. The van der Waals surface area contributed by atoms with Gasteiger partial charge in [-0.2, -0.15) is 5.10 Å². The molecule has 1 amide bonds. The fourth-order valence-corrected chi connectivity index (χ4v) is 1.91. The highest BCUT2D eigenvalue weighted by Gasteiger charge is 2.07. The fraction of sp³-hybridized carbons (Fsp3) is 0.0714. The molecule has 0 atom stereocenters. The van der Waals surface area contributed by atoms with Gasteiger partial charge in [0.25, 0.3) is 0 Å². The summed E-state index contributed by atoms with van der Waals surface area (Å²) in [6, 6.07) is 5.88. The first kappa shape index (κ1) is 14.8. The van der Waals surface area contributed by atoms with Crippen molar-refractivity contribution < 1.29 is 14.7 Å². The molecule has 6 nitrogen and oxygen atoms in total. The Morgan fingerprint density at radius 3 is 2.76 bits per heavy atom. The second-order valence-corrected chi connectivity index (χ2v) is 4.67. The molecule has 0 unspecified atom stereocenters. The van der Waals surface area contributed by atoms with E-state index in [1.165, 1.54) is 24.3 Å². The molecule has 0 spiro atoms. The number of hydrogen-bond acceptors (Lipinski definition) is 3. The number of anilines is 1. The summed E-state index contributed by atoms with van der Waals surface area (Å²) in [5, 5.41) is 15.7. The third-order valence-corrected chi connectivity index (χ3v) is 2.89. The molecular weight excluding hydrogens is 294 g/mol. The van der Waals surface area contributed by atoms with E-state index < -0.39 is 11.9 Å². The van der Waals surface area contributed by atoms with Gasteiger partial charge in [-0.25, -0.2) is 4.79 Å². The first-order chi connectivity index (χ1) is 9.95. The van der Waals surface area contributed by atoms with E-state index in [0.717, 1.165) is 5.69 Å². The van der Waals surface area contributed by atoms with Gasteiger partial charge in [-0.3, -0.25) is 9.48 Å². The van der Waals surface area contributed by atoms with E-state index in [2.05, 4.69) is 10.4 Å². The molecule has 21 heavy (non-hydrogen) atoms. The molecule has 2 N–H and O–H groups in total. The number of benzene rings is 1. The van der Waals surface area contributed by atoms with Crippen LogP contribution in [0.3, 0.4) is 0 Å². The Hall–Kier alpha value is -2.60. The summed E-state index contributed by atoms with van der Waals surface area (Å²) in [4.78, 5) is 22.7. The lowest BCUT2D eigenvalue weighted by molar-refractivity contribution is -0.111. The molecule has 0 aliphatic carbocycles. The number of aromatic carboxylic acids is 1. The van der Waals surface area contributed by atoms with Gasteiger partial charge in [0.1, 0.15) is 0 Å². The highest BCUT2D eigenvalue weighted by Crippen LogP contribution is 2.19. The maximum atomic E-state index is 11.8. The van der Waals surface area contributed by atoms with E-state index in [1.54, 1.807) is 30.1 Å². The van der Waals surface area contributed by atoms with Gasteiger partial charge in [-0.05, 0) is 30.3 Å². The second-order valence-electron chi connectivity index (χ2n) is 4.24. The third kappa shape index (κ3) is 3.93. The fourth-order valence-electron chi connectivity index (χ4n) is 1.68. The van der Waals surface area contributed by atoms with Crippen molar-refractivity contribution in [2.45, 2.75) is 0 Å². The summed E-state index contributed by atoms with van der Waals surface area (Å²) in [6.45, 7) is 0. The number of hydrogen-bond donors (Lipinski definition) is 2. The number of halogens is 1. The zero-order valence-electron chi connectivity index (χ0n) is 11.1. The molecule has 0 bridgehead atoms. The first-order valence-electron chi connectivity index (χ1n) is 5.96. The topological polar surface area (TPSA) is 84.2 Å². The monoisotopic (exact) mass is 305 g/mol. The molecule has 0 aliphatic heterocycles. The molecule has 0 saturated carbocycles. The number of carboxylic acid groups (broad SMARTS) is 1. The van der Waals surface area contributed by atoms with Gasteiger partial charge < -0.3 is 10.4 Å². The molecule has 2 aromatic rings. The van der Waals surface area contributed by atoms with Gasteiger partial charge in [0.2, 0.25) is 5.91 Å². The van der Waals surface area contributed by atoms with Crippen LogP contribution in [0.5, 0.6) is 0 Å². The van der Waals surface area contributed by atoms with Crippen molar-refractivity contribution in [1.29, 1.82) is 0 Å². The van der Waals surface area contributed by atoms with Crippen molar-refractivity contribution in [3.63, 3.8) is 0 Å². The number of aryl methyl sites for hydroxylation is 1. The minimum absolute atomic E-state index is 0.00779. The third-order valence-electron chi connectivity index (χ3n) is 2.68. The normalized spacial score (nSPS) is 10.8. The van der Waals surface area contributed by atoms with Crippen LogP contribution < -0.4 is 5.32 Å². The van der Waals surface area contributed by atoms with Gasteiger partial charge in [-0.15, -0.1) is 0 Å².